The van der Waals surface area contributed by atoms with Crippen LogP contribution in [-0.4, -0.2) is 42.7 Å². The number of methoxy groups -OCH3 is 1. The third kappa shape index (κ3) is 4.45. The van der Waals surface area contributed by atoms with E-state index < -0.39 is 0 Å². The predicted octanol–water partition coefficient (Wildman–Crippen LogP) is 1.41. The third-order valence-electron chi connectivity index (χ3n) is 3.07. The maximum absolute atomic E-state index is 5.57. The molecule has 4 heteroatoms. The first-order valence-corrected chi connectivity index (χ1v) is 6.05. The van der Waals surface area contributed by atoms with Crippen LogP contribution in [0.2, 0.25) is 0 Å². The second kappa shape index (κ2) is 6.40. The van der Waals surface area contributed by atoms with Crippen LogP contribution in [0.4, 0.5) is 0 Å². The number of hydrogen-bond acceptors (Lipinski definition) is 3. The minimum Gasteiger partial charge on any atom is -0.393 e. The third-order valence-corrected chi connectivity index (χ3v) is 3.24. The van der Waals surface area contributed by atoms with E-state index >= 15 is 0 Å². The molecule has 1 saturated heterocycles. The largest absolute Gasteiger partial charge is 0.393 e. The highest BCUT2D eigenvalue weighted by Gasteiger charge is 2.23. The van der Waals surface area contributed by atoms with Crippen molar-refractivity contribution < 1.29 is 4.74 Å². The zero-order valence-corrected chi connectivity index (χ0v) is 10.6. The lowest BCUT2D eigenvalue weighted by molar-refractivity contribution is 0.0739. The van der Waals surface area contributed by atoms with Crippen LogP contribution in [0.5, 0.6) is 0 Å². The van der Waals surface area contributed by atoms with Crippen LogP contribution >= 0.6 is 12.2 Å². The molecule has 15 heavy (non-hydrogen) atoms. The summed E-state index contributed by atoms with van der Waals surface area (Å²) in [5.41, 5.74) is 5.57. The number of nitrogens with two attached hydrogens (primary N) is 1. The number of likely N-dealkylation sites (tertiary alicyclic amines) is 1. The van der Waals surface area contributed by atoms with Crippen molar-refractivity contribution in [3.63, 3.8) is 0 Å². The standard InChI is InChI=1S/C11H22N2OS/c1-9(6-11(12)15)13-5-3-4-10(7-13)8-14-2/h9-10H,3-8H2,1-2H3,(H2,12,15). The van der Waals surface area contributed by atoms with Crippen LogP contribution < -0.4 is 5.73 Å². The molecular weight excluding hydrogens is 208 g/mol. The first kappa shape index (κ1) is 12.9. The van der Waals surface area contributed by atoms with Crippen molar-refractivity contribution in [3.8, 4) is 0 Å². The zero-order chi connectivity index (χ0) is 11.3. The fourth-order valence-electron chi connectivity index (χ4n) is 2.29. The Morgan fingerprint density at radius 3 is 3.00 bits per heavy atom. The molecule has 2 N–H and O–H groups in total. The van der Waals surface area contributed by atoms with Gasteiger partial charge in [0.25, 0.3) is 0 Å². The van der Waals surface area contributed by atoms with E-state index in [0.29, 0.717) is 16.9 Å². The van der Waals surface area contributed by atoms with Gasteiger partial charge in [0.2, 0.25) is 0 Å². The molecule has 0 bridgehead atoms. The number of thiocarbonyl (C=S) groups is 1. The zero-order valence-electron chi connectivity index (χ0n) is 9.74. The molecule has 0 aromatic heterocycles. The summed E-state index contributed by atoms with van der Waals surface area (Å²) < 4.78 is 5.21. The molecule has 3 nitrogen and oxygen atoms in total. The lowest BCUT2D eigenvalue weighted by Gasteiger charge is -2.36. The van der Waals surface area contributed by atoms with E-state index in [2.05, 4.69) is 11.8 Å². The number of rotatable bonds is 5. The number of piperidine rings is 1. The fraction of sp³-hybridized carbons (Fsp3) is 0.909. The Labute approximate surface area is 98.0 Å². The Balaban J connectivity index is 2.37. The molecule has 0 saturated carbocycles. The van der Waals surface area contributed by atoms with Crippen molar-refractivity contribution in [1.29, 1.82) is 0 Å². The molecule has 0 aliphatic carbocycles. The molecular formula is C11H22N2OS. The number of ether oxygens (including phenoxy) is 1. The molecule has 0 aromatic carbocycles. The average molecular weight is 230 g/mol. The van der Waals surface area contributed by atoms with E-state index in [1.807, 2.05) is 0 Å². The van der Waals surface area contributed by atoms with Crippen molar-refractivity contribution in [1.82, 2.24) is 4.90 Å². The Morgan fingerprint density at radius 1 is 1.67 bits per heavy atom. The minimum absolute atomic E-state index is 0.474. The monoisotopic (exact) mass is 230 g/mol. The number of nitrogens with zero attached hydrogens (tertiary/aromatic N) is 1. The summed E-state index contributed by atoms with van der Waals surface area (Å²) in [5.74, 6) is 0.678. The van der Waals surface area contributed by atoms with Crippen LogP contribution in [-0.2, 0) is 4.74 Å². The molecule has 0 aromatic rings. The second-order valence-electron chi connectivity index (χ2n) is 4.48. The molecule has 2 unspecified atom stereocenters. The molecule has 1 aliphatic heterocycles. The summed E-state index contributed by atoms with van der Waals surface area (Å²) in [6.07, 6.45) is 3.37. The van der Waals surface area contributed by atoms with Gasteiger partial charge >= 0.3 is 0 Å². The van der Waals surface area contributed by atoms with E-state index in [-0.39, 0.29) is 0 Å². The van der Waals surface area contributed by atoms with Gasteiger partial charge in [-0.2, -0.15) is 0 Å². The highest BCUT2D eigenvalue weighted by atomic mass is 32.1. The lowest BCUT2D eigenvalue weighted by Crippen LogP contribution is -2.43. The molecule has 1 rings (SSSR count). The quantitative estimate of drug-likeness (QED) is 0.725. The van der Waals surface area contributed by atoms with Crippen molar-refractivity contribution in [2.24, 2.45) is 11.7 Å². The van der Waals surface area contributed by atoms with E-state index in [1.165, 1.54) is 19.4 Å². The molecule has 1 aliphatic rings. The number of hydrogen-bond donors (Lipinski definition) is 1. The van der Waals surface area contributed by atoms with Gasteiger partial charge in [-0.05, 0) is 32.2 Å². The summed E-state index contributed by atoms with van der Waals surface area (Å²) in [4.78, 5) is 3.10. The van der Waals surface area contributed by atoms with E-state index in [9.17, 15) is 0 Å². The second-order valence-corrected chi connectivity index (χ2v) is 5.00. The lowest BCUT2D eigenvalue weighted by atomic mass is 9.97. The van der Waals surface area contributed by atoms with Crippen molar-refractivity contribution >= 4 is 17.2 Å². The highest BCUT2D eigenvalue weighted by molar-refractivity contribution is 7.80. The van der Waals surface area contributed by atoms with Gasteiger partial charge in [-0.15, -0.1) is 0 Å². The molecule has 88 valence electrons. The Kier molecular flexibility index (Phi) is 5.50. The SMILES string of the molecule is COCC1CCCN(C(C)CC(N)=S)C1. The smallest absolute Gasteiger partial charge is 0.0742 e. The molecule has 0 spiro atoms. The predicted molar refractivity (Wildman–Crippen MR) is 67.0 cm³/mol. The summed E-state index contributed by atoms with van der Waals surface area (Å²) >= 11 is 4.95. The fourth-order valence-corrected chi connectivity index (χ4v) is 2.53. The Morgan fingerprint density at radius 2 is 2.40 bits per heavy atom. The summed E-state index contributed by atoms with van der Waals surface area (Å²) in [6, 6.07) is 0.474. The topological polar surface area (TPSA) is 38.5 Å². The first-order chi connectivity index (χ1) is 7.13. The van der Waals surface area contributed by atoms with Gasteiger partial charge < -0.3 is 10.5 Å². The van der Waals surface area contributed by atoms with Gasteiger partial charge in [-0.3, -0.25) is 4.90 Å². The highest BCUT2D eigenvalue weighted by Crippen LogP contribution is 2.19. The van der Waals surface area contributed by atoms with Crippen LogP contribution in [0, 0.1) is 5.92 Å². The van der Waals surface area contributed by atoms with E-state index in [0.717, 1.165) is 19.6 Å². The Hall–Kier alpha value is -0.190. The average Bonchev–Trinajstić information content (AvgIpc) is 2.17. The molecule has 1 fully saturated rings. The van der Waals surface area contributed by atoms with Gasteiger partial charge in [0, 0.05) is 26.1 Å². The molecule has 1 heterocycles. The molecule has 0 amide bonds. The normalized spacial score (nSPS) is 25.1. The van der Waals surface area contributed by atoms with Crippen molar-refractivity contribution in [2.45, 2.75) is 32.2 Å². The van der Waals surface area contributed by atoms with E-state index in [1.54, 1.807) is 7.11 Å². The minimum atomic E-state index is 0.474. The van der Waals surface area contributed by atoms with Gasteiger partial charge in [-0.1, -0.05) is 12.2 Å². The first-order valence-electron chi connectivity index (χ1n) is 5.64. The summed E-state index contributed by atoms with van der Waals surface area (Å²) in [7, 11) is 1.78. The van der Waals surface area contributed by atoms with Gasteiger partial charge in [0.05, 0.1) is 11.6 Å². The van der Waals surface area contributed by atoms with Crippen LogP contribution in [0.25, 0.3) is 0 Å². The van der Waals surface area contributed by atoms with Crippen LogP contribution in [0.1, 0.15) is 26.2 Å². The van der Waals surface area contributed by atoms with Crippen molar-refractivity contribution in [2.75, 3.05) is 26.8 Å². The van der Waals surface area contributed by atoms with Gasteiger partial charge in [0.1, 0.15) is 0 Å². The maximum Gasteiger partial charge on any atom is 0.0742 e. The van der Waals surface area contributed by atoms with Gasteiger partial charge in [-0.25, -0.2) is 0 Å². The maximum atomic E-state index is 5.57. The van der Waals surface area contributed by atoms with Crippen LogP contribution in [0.15, 0.2) is 0 Å². The molecule has 2 atom stereocenters. The van der Waals surface area contributed by atoms with E-state index in [4.69, 9.17) is 22.7 Å². The Bertz CT molecular complexity index is 209. The van der Waals surface area contributed by atoms with Gasteiger partial charge in [0.15, 0.2) is 0 Å². The van der Waals surface area contributed by atoms with Crippen LogP contribution in [0.3, 0.4) is 0 Å². The summed E-state index contributed by atoms with van der Waals surface area (Å²) in [6.45, 7) is 5.37. The van der Waals surface area contributed by atoms with Crippen molar-refractivity contribution in [3.05, 3.63) is 0 Å². The molecule has 0 radical (unpaired) electrons. The summed E-state index contributed by atoms with van der Waals surface area (Å²) in [5, 5.41) is 0.